The lowest BCUT2D eigenvalue weighted by Crippen LogP contribution is -2.65. The molecule has 7 nitrogen and oxygen atoms in total. The maximum atomic E-state index is 12.3. The Morgan fingerprint density at radius 2 is 1.95 bits per heavy atom. The molecule has 3 rings (SSSR count). The lowest BCUT2D eigenvalue weighted by Gasteiger charge is -2.48. The Morgan fingerprint density at radius 3 is 2.48 bits per heavy atom. The summed E-state index contributed by atoms with van der Waals surface area (Å²) in [4.78, 5) is 26.2. The number of aromatic nitrogens is 2. The molecule has 2 aliphatic rings. The summed E-state index contributed by atoms with van der Waals surface area (Å²) in [5.74, 6) is 0.558. The molecule has 0 bridgehead atoms. The number of anilines is 2. The number of nitrogens with two attached hydrogens (primary N) is 1. The summed E-state index contributed by atoms with van der Waals surface area (Å²) >= 11 is 0. The van der Waals surface area contributed by atoms with Crippen LogP contribution in [0.3, 0.4) is 0 Å². The molecule has 21 heavy (non-hydrogen) atoms. The molecule has 0 unspecified atom stereocenters. The van der Waals surface area contributed by atoms with Gasteiger partial charge in [0.25, 0.3) is 5.56 Å². The van der Waals surface area contributed by atoms with E-state index in [1.54, 1.807) is 4.90 Å². The molecule has 0 radical (unpaired) electrons. The predicted molar refractivity (Wildman–Crippen MR) is 80.5 cm³/mol. The second-order valence-electron chi connectivity index (χ2n) is 6.27. The number of hydrogen-bond acceptors (Lipinski definition) is 5. The summed E-state index contributed by atoms with van der Waals surface area (Å²) in [5.41, 5.74) is 4.93. The third-order valence-corrected chi connectivity index (χ3v) is 4.59. The van der Waals surface area contributed by atoms with Crippen LogP contribution in [0.15, 0.2) is 9.59 Å². The van der Waals surface area contributed by atoms with E-state index in [0.29, 0.717) is 31.2 Å². The number of aliphatic hydroxyl groups is 1. The molecule has 0 atom stereocenters. The zero-order chi connectivity index (χ0) is 15.4. The van der Waals surface area contributed by atoms with E-state index < -0.39 is 5.60 Å². The normalized spacial score (nSPS) is 20.4. The standard InChI is InChI=1S/C14H22N4O3/c1-3-6-18-11(15)10(12(19)16(2)13(18)20)17-7-14(21,8-17)9-4-5-9/h9,21H,3-8,15H2,1-2H3. The van der Waals surface area contributed by atoms with E-state index in [1.807, 2.05) is 6.92 Å². The highest BCUT2D eigenvalue weighted by atomic mass is 16.3. The van der Waals surface area contributed by atoms with Gasteiger partial charge in [-0.05, 0) is 25.2 Å². The van der Waals surface area contributed by atoms with E-state index in [2.05, 4.69) is 0 Å². The fourth-order valence-electron chi connectivity index (χ4n) is 3.16. The maximum Gasteiger partial charge on any atom is 0.332 e. The van der Waals surface area contributed by atoms with E-state index in [0.717, 1.165) is 23.8 Å². The molecular formula is C14H22N4O3. The van der Waals surface area contributed by atoms with E-state index in [1.165, 1.54) is 11.6 Å². The van der Waals surface area contributed by atoms with Gasteiger partial charge in [0.2, 0.25) is 0 Å². The number of hydrogen-bond donors (Lipinski definition) is 2. The van der Waals surface area contributed by atoms with Crippen LogP contribution < -0.4 is 21.9 Å². The molecule has 7 heteroatoms. The van der Waals surface area contributed by atoms with Crippen molar-refractivity contribution in [3.8, 4) is 0 Å². The number of β-amino-alcohol motifs (C(OH)–C–C–N with tert-alkyl or cyclic N) is 1. The van der Waals surface area contributed by atoms with Crippen molar-refractivity contribution < 1.29 is 5.11 Å². The molecule has 0 spiro atoms. The highest BCUT2D eigenvalue weighted by Gasteiger charge is 2.53. The lowest BCUT2D eigenvalue weighted by atomic mass is 9.88. The first-order chi connectivity index (χ1) is 9.89. The summed E-state index contributed by atoms with van der Waals surface area (Å²) in [6.45, 7) is 3.27. The Kier molecular flexibility index (Phi) is 3.12. The molecule has 1 aromatic rings. The molecule has 0 aromatic carbocycles. The minimum atomic E-state index is -0.691. The molecule has 1 aliphatic carbocycles. The number of rotatable bonds is 4. The summed E-state index contributed by atoms with van der Waals surface area (Å²) in [6, 6.07) is 0. The largest absolute Gasteiger partial charge is 0.386 e. The first-order valence-corrected chi connectivity index (χ1v) is 7.45. The van der Waals surface area contributed by atoms with Crippen molar-refractivity contribution >= 4 is 11.5 Å². The Balaban J connectivity index is 1.99. The van der Waals surface area contributed by atoms with E-state index in [4.69, 9.17) is 5.73 Å². The number of nitrogens with zero attached hydrogens (tertiary/aromatic N) is 3. The minimum Gasteiger partial charge on any atom is -0.386 e. The van der Waals surface area contributed by atoms with Crippen LogP contribution in [0.2, 0.25) is 0 Å². The Morgan fingerprint density at radius 1 is 1.33 bits per heavy atom. The highest BCUT2D eigenvalue weighted by Crippen LogP contribution is 2.45. The molecule has 1 aromatic heterocycles. The van der Waals surface area contributed by atoms with Crippen molar-refractivity contribution in [1.82, 2.24) is 9.13 Å². The van der Waals surface area contributed by atoms with Crippen LogP contribution in [0.4, 0.5) is 11.5 Å². The van der Waals surface area contributed by atoms with Gasteiger partial charge in [-0.3, -0.25) is 13.9 Å². The summed E-state index contributed by atoms with van der Waals surface area (Å²) in [7, 11) is 1.46. The zero-order valence-electron chi connectivity index (χ0n) is 12.5. The highest BCUT2D eigenvalue weighted by molar-refractivity contribution is 5.65. The van der Waals surface area contributed by atoms with Gasteiger partial charge in [0.05, 0.1) is 0 Å². The summed E-state index contributed by atoms with van der Waals surface area (Å²) in [5, 5.41) is 10.4. The van der Waals surface area contributed by atoms with Crippen LogP contribution in [-0.4, -0.2) is 32.9 Å². The monoisotopic (exact) mass is 294 g/mol. The Hall–Kier alpha value is -1.76. The van der Waals surface area contributed by atoms with Crippen LogP contribution >= 0.6 is 0 Å². The van der Waals surface area contributed by atoms with Crippen molar-refractivity contribution in [3.63, 3.8) is 0 Å². The topological polar surface area (TPSA) is 93.5 Å². The second kappa shape index (κ2) is 4.62. The van der Waals surface area contributed by atoms with Crippen molar-refractivity contribution in [2.24, 2.45) is 13.0 Å². The number of nitrogen functional groups attached to an aromatic ring is 1. The minimum absolute atomic E-state index is 0.211. The first kappa shape index (κ1) is 14.2. The van der Waals surface area contributed by atoms with Gasteiger partial charge in [-0.1, -0.05) is 6.92 Å². The second-order valence-corrected chi connectivity index (χ2v) is 6.27. The molecule has 3 N–H and O–H groups in total. The van der Waals surface area contributed by atoms with E-state index in [9.17, 15) is 14.7 Å². The van der Waals surface area contributed by atoms with Gasteiger partial charge < -0.3 is 15.7 Å². The lowest BCUT2D eigenvalue weighted by molar-refractivity contribution is -0.00946. The smallest absolute Gasteiger partial charge is 0.332 e. The van der Waals surface area contributed by atoms with Gasteiger partial charge in [0, 0.05) is 26.7 Å². The van der Waals surface area contributed by atoms with Crippen molar-refractivity contribution in [2.75, 3.05) is 23.7 Å². The van der Waals surface area contributed by atoms with Crippen molar-refractivity contribution in [1.29, 1.82) is 0 Å². The van der Waals surface area contributed by atoms with Crippen molar-refractivity contribution in [3.05, 3.63) is 20.8 Å². The van der Waals surface area contributed by atoms with Gasteiger partial charge in [-0.15, -0.1) is 0 Å². The van der Waals surface area contributed by atoms with Gasteiger partial charge in [0.15, 0.2) is 0 Å². The SMILES string of the molecule is CCCn1c(N)c(N2CC(O)(C3CC3)C2)c(=O)n(C)c1=O. The molecule has 1 saturated heterocycles. The molecular weight excluding hydrogens is 272 g/mol. The van der Waals surface area contributed by atoms with Crippen LogP contribution in [-0.2, 0) is 13.6 Å². The van der Waals surface area contributed by atoms with Gasteiger partial charge in [-0.2, -0.15) is 0 Å². The zero-order valence-corrected chi connectivity index (χ0v) is 12.5. The Labute approximate surface area is 122 Å². The third kappa shape index (κ3) is 2.07. The van der Waals surface area contributed by atoms with Gasteiger partial charge in [-0.25, -0.2) is 4.79 Å². The average molecular weight is 294 g/mol. The van der Waals surface area contributed by atoms with Gasteiger partial charge in [0.1, 0.15) is 17.1 Å². The van der Waals surface area contributed by atoms with Crippen LogP contribution in [0.25, 0.3) is 0 Å². The fourth-order valence-corrected chi connectivity index (χ4v) is 3.16. The molecule has 1 aliphatic heterocycles. The van der Waals surface area contributed by atoms with Crippen LogP contribution in [0, 0.1) is 5.92 Å². The molecule has 1 saturated carbocycles. The third-order valence-electron chi connectivity index (χ3n) is 4.59. The van der Waals surface area contributed by atoms with Crippen LogP contribution in [0.1, 0.15) is 26.2 Å². The summed E-state index contributed by atoms with van der Waals surface area (Å²) in [6.07, 6.45) is 2.86. The quantitative estimate of drug-likeness (QED) is 0.781. The van der Waals surface area contributed by atoms with E-state index >= 15 is 0 Å². The van der Waals surface area contributed by atoms with Gasteiger partial charge >= 0.3 is 5.69 Å². The maximum absolute atomic E-state index is 12.3. The fraction of sp³-hybridized carbons (Fsp3) is 0.714. The first-order valence-electron chi connectivity index (χ1n) is 7.45. The summed E-state index contributed by atoms with van der Waals surface area (Å²) < 4.78 is 2.53. The molecule has 2 fully saturated rings. The molecule has 2 heterocycles. The Bertz CT molecular complexity index is 681. The average Bonchev–Trinajstić information content (AvgIpc) is 3.24. The molecule has 0 amide bonds. The van der Waals surface area contributed by atoms with Crippen molar-refractivity contribution in [2.45, 2.75) is 38.3 Å². The van der Waals surface area contributed by atoms with Crippen LogP contribution in [0.5, 0.6) is 0 Å². The predicted octanol–water partition coefficient (Wildman–Crippen LogP) is -0.500. The van der Waals surface area contributed by atoms with E-state index in [-0.39, 0.29) is 17.1 Å². The molecule has 116 valence electrons.